The number of anilines is 1. The highest BCUT2D eigenvalue weighted by Gasteiger charge is 2.28. The molecule has 39 heavy (non-hydrogen) atoms. The number of hydrogen-bond donors (Lipinski definition) is 1. The Bertz CT molecular complexity index is 1250. The van der Waals surface area contributed by atoms with Crippen LogP contribution in [-0.4, -0.2) is 57.1 Å². The van der Waals surface area contributed by atoms with E-state index in [-0.39, 0.29) is 37.2 Å². The summed E-state index contributed by atoms with van der Waals surface area (Å²) in [5.41, 5.74) is 2.40. The van der Waals surface area contributed by atoms with E-state index in [0.29, 0.717) is 23.0 Å². The lowest BCUT2D eigenvalue weighted by molar-refractivity contribution is -0.141. The SMILES string of the molecule is COc1ccc(N(CCCC(=O)N(Cc2cccc(C)c2)[C@@H](C)C(=O)NC2CCCCC2)S(C)(=O)=O)cc1Cl. The van der Waals surface area contributed by atoms with E-state index in [9.17, 15) is 18.0 Å². The first-order valence-electron chi connectivity index (χ1n) is 13.5. The Morgan fingerprint density at radius 1 is 1.13 bits per heavy atom. The average molecular weight is 578 g/mol. The Hall–Kier alpha value is -2.78. The molecule has 214 valence electrons. The highest BCUT2D eigenvalue weighted by molar-refractivity contribution is 7.92. The lowest BCUT2D eigenvalue weighted by Crippen LogP contribution is -2.50. The first kappa shape index (κ1) is 30.8. The van der Waals surface area contributed by atoms with Crippen molar-refractivity contribution < 1.29 is 22.7 Å². The Morgan fingerprint density at radius 2 is 1.85 bits per heavy atom. The van der Waals surface area contributed by atoms with Crippen LogP contribution in [0.15, 0.2) is 42.5 Å². The minimum atomic E-state index is -3.63. The zero-order valence-electron chi connectivity index (χ0n) is 23.3. The highest BCUT2D eigenvalue weighted by Crippen LogP contribution is 2.30. The molecular weight excluding hydrogens is 538 g/mol. The van der Waals surface area contributed by atoms with Crippen LogP contribution in [0.3, 0.4) is 0 Å². The number of methoxy groups -OCH3 is 1. The van der Waals surface area contributed by atoms with Crippen LogP contribution in [0.4, 0.5) is 5.69 Å². The third-order valence-corrected chi connectivity index (χ3v) is 8.62. The number of carbonyl (C=O) groups excluding carboxylic acids is 2. The largest absolute Gasteiger partial charge is 0.495 e. The maximum atomic E-state index is 13.5. The molecule has 0 bridgehead atoms. The van der Waals surface area contributed by atoms with Crippen molar-refractivity contribution in [3.05, 3.63) is 58.6 Å². The molecule has 2 aromatic rings. The van der Waals surface area contributed by atoms with Crippen LogP contribution in [0.5, 0.6) is 5.75 Å². The van der Waals surface area contributed by atoms with Crippen LogP contribution in [-0.2, 0) is 26.2 Å². The molecular formula is C29H40ClN3O5S. The smallest absolute Gasteiger partial charge is 0.242 e. The summed E-state index contributed by atoms with van der Waals surface area (Å²) >= 11 is 6.23. The van der Waals surface area contributed by atoms with Gasteiger partial charge in [-0.25, -0.2) is 8.42 Å². The standard InChI is InChI=1S/C29H40ClN3O5S/c1-21-10-8-11-23(18-21)20-32(22(2)29(35)31-24-12-6-5-7-13-24)28(34)14-9-17-33(39(4,36)37)25-15-16-27(38-3)26(30)19-25/h8,10-11,15-16,18-19,22,24H,5-7,9,12-14,17,20H2,1-4H3,(H,31,35)/t22-/m0/s1. The average Bonchev–Trinajstić information content (AvgIpc) is 2.89. The van der Waals surface area contributed by atoms with Crippen molar-refractivity contribution in [2.45, 2.75) is 77.4 Å². The molecule has 2 aromatic carbocycles. The lowest BCUT2D eigenvalue weighted by atomic mass is 9.95. The molecule has 0 unspecified atom stereocenters. The molecule has 1 aliphatic rings. The minimum absolute atomic E-state index is 0.0861. The topological polar surface area (TPSA) is 96.0 Å². The number of nitrogens with one attached hydrogen (secondary N) is 1. The maximum absolute atomic E-state index is 13.5. The third kappa shape index (κ3) is 8.86. The maximum Gasteiger partial charge on any atom is 0.242 e. The third-order valence-electron chi connectivity index (χ3n) is 7.13. The monoisotopic (exact) mass is 577 g/mol. The van der Waals surface area contributed by atoms with Gasteiger partial charge in [0.2, 0.25) is 21.8 Å². The summed E-state index contributed by atoms with van der Waals surface area (Å²) in [5.74, 6) is 0.0777. The predicted molar refractivity (Wildman–Crippen MR) is 156 cm³/mol. The summed E-state index contributed by atoms with van der Waals surface area (Å²) in [7, 11) is -2.14. The second-order valence-corrected chi connectivity index (χ2v) is 12.6. The number of nitrogens with zero attached hydrogens (tertiary/aromatic N) is 2. The van der Waals surface area contributed by atoms with Crippen LogP contribution in [0.25, 0.3) is 0 Å². The molecule has 10 heteroatoms. The first-order chi connectivity index (χ1) is 18.5. The molecule has 8 nitrogen and oxygen atoms in total. The van der Waals surface area contributed by atoms with Gasteiger partial charge in [0, 0.05) is 25.6 Å². The molecule has 0 heterocycles. The zero-order chi connectivity index (χ0) is 28.6. The van der Waals surface area contributed by atoms with Gasteiger partial charge in [-0.05, 0) is 56.9 Å². The fraction of sp³-hybridized carbons (Fsp3) is 0.517. The summed E-state index contributed by atoms with van der Waals surface area (Å²) in [5, 5.41) is 3.43. The molecule has 1 atom stereocenters. The van der Waals surface area contributed by atoms with Gasteiger partial charge in [-0.3, -0.25) is 13.9 Å². The lowest BCUT2D eigenvalue weighted by Gasteiger charge is -2.31. The summed E-state index contributed by atoms with van der Waals surface area (Å²) in [6.45, 7) is 4.13. The van der Waals surface area contributed by atoms with E-state index in [0.717, 1.165) is 43.1 Å². The van der Waals surface area contributed by atoms with Gasteiger partial charge in [-0.1, -0.05) is 60.7 Å². The van der Waals surface area contributed by atoms with Crippen LogP contribution in [0.2, 0.25) is 5.02 Å². The van der Waals surface area contributed by atoms with Crippen molar-refractivity contribution in [1.82, 2.24) is 10.2 Å². The van der Waals surface area contributed by atoms with Crippen molar-refractivity contribution in [1.29, 1.82) is 0 Å². The minimum Gasteiger partial charge on any atom is -0.495 e. The van der Waals surface area contributed by atoms with Crippen molar-refractivity contribution >= 4 is 39.1 Å². The summed E-state index contributed by atoms with van der Waals surface area (Å²) in [6, 6.07) is 12.1. The van der Waals surface area contributed by atoms with E-state index in [1.54, 1.807) is 24.0 Å². The van der Waals surface area contributed by atoms with Gasteiger partial charge in [-0.2, -0.15) is 0 Å². The Labute approximate surface area is 237 Å². The second-order valence-electron chi connectivity index (χ2n) is 10.3. The van der Waals surface area contributed by atoms with Crippen molar-refractivity contribution in [3.8, 4) is 5.75 Å². The van der Waals surface area contributed by atoms with Crippen molar-refractivity contribution in [3.63, 3.8) is 0 Å². The van der Waals surface area contributed by atoms with Gasteiger partial charge in [0.1, 0.15) is 11.8 Å². The number of rotatable bonds is 12. The number of carbonyl (C=O) groups is 2. The molecule has 0 spiro atoms. The predicted octanol–water partition coefficient (Wildman–Crippen LogP) is 5.07. The highest BCUT2D eigenvalue weighted by atomic mass is 35.5. The molecule has 0 aliphatic heterocycles. The molecule has 2 amide bonds. The number of amides is 2. The Morgan fingerprint density at radius 3 is 2.46 bits per heavy atom. The molecule has 0 radical (unpaired) electrons. The van der Waals surface area contributed by atoms with Gasteiger partial charge in [0.15, 0.2) is 0 Å². The van der Waals surface area contributed by atoms with Gasteiger partial charge in [0.25, 0.3) is 0 Å². The summed E-state index contributed by atoms with van der Waals surface area (Å²) in [4.78, 5) is 28.3. The van der Waals surface area contributed by atoms with E-state index >= 15 is 0 Å². The number of halogens is 1. The number of ether oxygens (including phenoxy) is 1. The molecule has 1 N–H and O–H groups in total. The van der Waals surface area contributed by atoms with Crippen molar-refractivity contribution in [2.75, 3.05) is 24.2 Å². The fourth-order valence-corrected chi connectivity index (χ4v) is 6.18. The Balaban J connectivity index is 1.73. The molecule has 3 rings (SSSR count). The van der Waals surface area contributed by atoms with Crippen LogP contribution in [0, 0.1) is 6.92 Å². The van der Waals surface area contributed by atoms with Crippen molar-refractivity contribution in [2.24, 2.45) is 0 Å². The number of aryl methyl sites for hydroxylation is 1. The fourth-order valence-electron chi connectivity index (χ4n) is 4.97. The van der Waals surface area contributed by atoms with Crippen LogP contribution >= 0.6 is 11.6 Å². The normalized spacial score (nSPS) is 14.9. The molecule has 0 aromatic heterocycles. The van der Waals surface area contributed by atoms with E-state index in [1.807, 2.05) is 31.2 Å². The van der Waals surface area contributed by atoms with E-state index in [2.05, 4.69) is 5.32 Å². The quantitative estimate of drug-likeness (QED) is 0.380. The van der Waals surface area contributed by atoms with Crippen LogP contribution < -0.4 is 14.4 Å². The summed E-state index contributed by atoms with van der Waals surface area (Å²) < 4.78 is 31.5. The van der Waals surface area contributed by atoms with Gasteiger partial charge in [0.05, 0.1) is 24.1 Å². The second kappa shape index (κ2) is 14.0. The van der Waals surface area contributed by atoms with E-state index < -0.39 is 16.1 Å². The van der Waals surface area contributed by atoms with E-state index in [1.165, 1.54) is 23.9 Å². The number of hydrogen-bond acceptors (Lipinski definition) is 5. The summed E-state index contributed by atoms with van der Waals surface area (Å²) in [6.07, 6.45) is 6.78. The van der Waals surface area contributed by atoms with E-state index in [4.69, 9.17) is 16.3 Å². The zero-order valence-corrected chi connectivity index (χ0v) is 24.9. The van der Waals surface area contributed by atoms with Gasteiger partial charge < -0.3 is 15.0 Å². The Kier molecular flexibility index (Phi) is 11.1. The van der Waals surface area contributed by atoms with Gasteiger partial charge in [-0.15, -0.1) is 0 Å². The number of benzene rings is 2. The van der Waals surface area contributed by atoms with Gasteiger partial charge >= 0.3 is 0 Å². The van der Waals surface area contributed by atoms with Crippen LogP contribution in [0.1, 0.15) is 63.0 Å². The molecule has 1 fully saturated rings. The number of sulfonamides is 1. The molecule has 1 aliphatic carbocycles. The molecule has 0 saturated heterocycles. The molecule has 1 saturated carbocycles. The first-order valence-corrected chi connectivity index (χ1v) is 15.7.